The summed E-state index contributed by atoms with van der Waals surface area (Å²) in [6, 6.07) is 9.09. The Balaban J connectivity index is 1.67. The van der Waals surface area contributed by atoms with Gasteiger partial charge in [0.2, 0.25) is 5.16 Å². The summed E-state index contributed by atoms with van der Waals surface area (Å²) < 4.78 is 2.00. The lowest BCUT2D eigenvalue weighted by Crippen LogP contribution is -2.11. The monoisotopic (exact) mass is 303 g/mol. The van der Waals surface area contributed by atoms with Crippen molar-refractivity contribution >= 4 is 11.8 Å². The first kappa shape index (κ1) is 14.5. The largest absolute Gasteiger partial charge is 0.313 e. The van der Waals surface area contributed by atoms with Gasteiger partial charge in [0.25, 0.3) is 0 Å². The zero-order valence-electron chi connectivity index (χ0n) is 12.3. The summed E-state index contributed by atoms with van der Waals surface area (Å²) >= 11 is 1.65. The van der Waals surface area contributed by atoms with Crippen molar-refractivity contribution in [3.63, 3.8) is 0 Å². The Hall–Kier alpha value is -1.40. The third-order valence-corrected chi connectivity index (χ3v) is 4.80. The van der Waals surface area contributed by atoms with E-state index in [1.54, 1.807) is 11.8 Å². The Morgan fingerprint density at radius 3 is 2.71 bits per heavy atom. The molecule has 21 heavy (non-hydrogen) atoms. The highest BCUT2D eigenvalue weighted by atomic mass is 32.2. The average Bonchev–Trinajstić information content (AvgIpc) is 3.17. The number of hydrogen-bond acceptors (Lipinski definition) is 5. The van der Waals surface area contributed by atoms with Crippen LogP contribution in [0.3, 0.4) is 0 Å². The van der Waals surface area contributed by atoms with E-state index in [0.717, 1.165) is 18.2 Å². The first-order valence-corrected chi connectivity index (χ1v) is 8.44. The average molecular weight is 303 g/mol. The van der Waals surface area contributed by atoms with Crippen molar-refractivity contribution in [1.82, 2.24) is 25.5 Å². The van der Waals surface area contributed by atoms with Crippen LogP contribution in [-0.2, 0) is 6.54 Å². The van der Waals surface area contributed by atoms with Crippen molar-refractivity contribution < 1.29 is 0 Å². The molecule has 5 nitrogen and oxygen atoms in total. The fourth-order valence-electron chi connectivity index (χ4n) is 2.68. The molecule has 112 valence electrons. The van der Waals surface area contributed by atoms with Crippen LogP contribution in [0.4, 0.5) is 0 Å². The molecule has 1 aliphatic carbocycles. The number of nitrogens with zero attached hydrogens (tertiary/aromatic N) is 4. The Morgan fingerprint density at radius 1 is 1.24 bits per heavy atom. The number of aromatic nitrogens is 4. The molecule has 1 aliphatic rings. The van der Waals surface area contributed by atoms with E-state index < -0.39 is 0 Å². The second-order valence-electron chi connectivity index (χ2n) is 5.37. The maximum atomic E-state index is 4.18. The van der Waals surface area contributed by atoms with Gasteiger partial charge in [-0.05, 0) is 59.3 Å². The molecule has 0 spiro atoms. The van der Waals surface area contributed by atoms with Gasteiger partial charge in [-0.25, -0.2) is 4.68 Å². The van der Waals surface area contributed by atoms with Crippen LogP contribution in [0, 0.1) is 0 Å². The number of hydrogen-bond donors (Lipinski definition) is 1. The van der Waals surface area contributed by atoms with Crippen LogP contribution in [0.15, 0.2) is 34.3 Å². The SMILES string of the molecule is CCNCc1ccc(Sc2nnnn2C2CCCC2)cc1. The molecule has 0 amide bonds. The van der Waals surface area contributed by atoms with Gasteiger partial charge in [0.05, 0.1) is 6.04 Å². The Bertz CT molecular complexity index is 560. The normalized spacial score (nSPS) is 15.7. The maximum Gasteiger partial charge on any atom is 0.214 e. The van der Waals surface area contributed by atoms with Crippen LogP contribution in [0.1, 0.15) is 44.2 Å². The van der Waals surface area contributed by atoms with Crippen LogP contribution >= 0.6 is 11.8 Å². The van der Waals surface area contributed by atoms with E-state index in [9.17, 15) is 0 Å². The second kappa shape index (κ2) is 7.04. The Kier molecular flexibility index (Phi) is 4.87. The molecule has 0 atom stereocenters. The fourth-order valence-corrected chi connectivity index (χ4v) is 3.52. The molecule has 0 bridgehead atoms. The fraction of sp³-hybridized carbons (Fsp3) is 0.533. The molecular weight excluding hydrogens is 282 g/mol. The van der Waals surface area contributed by atoms with E-state index in [1.165, 1.54) is 36.1 Å². The summed E-state index contributed by atoms with van der Waals surface area (Å²) in [7, 11) is 0. The standard InChI is InChI=1S/C15H21N5S/c1-2-16-11-12-7-9-14(10-8-12)21-15-17-18-19-20(15)13-5-3-4-6-13/h7-10,13,16H,2-6,11H2,1H3. The first-order chi connectivity index (χ1) is 10.4. The third-order valence-electron chi connectivity index (χ3n) is 3.84. The van der Waals surface area contributed by atoms with Crippen molar-refractivity contribution in [3.05, 3.63) is 29.8 Å². The van der Waals surface area contributed by atoms with Gasteiger partial charge >= 0.3 is 0 Å². The molecular formula is C15H21N5S. The molecule has 0 saturated heterocycles. The highest BCUT2D eigenvalue weighted by Gasteiger charge is 2.21. The molecule has 0 unspecified atom stereocenters. The van der Waals surface area contributed by atoms with Gasteiger partial charge in [-0.3, -0.25) is 0 Å². The van der Waals surface area contributed by atoms with Crippen molar-refractivity contribution in [1.29, 1.82) is 0 Å². The summed E-state index contributed by atoms with van der Waals surface area (Å²) in [6.45, 7) is 4.03. The van der Waals surface area contributed by atoms with Crippen LogP contribution in [0.2, 0.25) is 0 Å². The predicted molar refractivity (Wildman–Crippen MR) is 83.3 cm³/mol. The van der Waals surface area contributed by atoms with Gasteiger partial charge in [-0.15, -0.1) is 5.10 Å². The molecule has 3 rings (SSSR count). The van der Waals surface area contributed by atoms with Gasteiger partial charge in [-0.1, -0.05) is 31.9 Å². The third kappa shape index (κ3) is 3.63. The van der Waals surface area contributed by atoms with E-state index in [0.29, 0.717) is 6.04 Å². The van der Waals surface area contributed by atoms with Crippen LogP contribution in [0.25, 0.3) is 0 Å². The predicted octanol–water partition coefficient (Wildman–Crippen LogP) is 3.05. The topological polar surface area (TPSA) is 55.6 Å². The van der Waals surface area contributed by atoms with Gasteiger partial charge in [0.1, 0.15) is 0 Å². The highest BCUT2D eigenvalue weighted by molar-refractivity contribution is 7.99. The minimum absolute atomic E-state index is 0.482. The van der Waals surface area contributed by atoms with Crippen LogP contribution < -0.4 is 5.32 Å². The smallest absolute Gasteiger partial charge is 0.214 e. The van der Waals surface area contributed by atoms with Crippen molar-refractivity contribution in [2.24, 2.45) is 0 Å². The van der Waals surface area contributed by atoms with E-state index in [1.807, 2.05) is 4.68 Å². The summed E-state index contributed by atoms with van der Waals surface area (Å²) in [5.41, 5.74) is 1.30. The van der Waals surface area contributed by atoms with Gasteiger partial charge in [-0.2, -0.15) is 0 Å². The molecule has 1 aromatic heterocycles. The molecule has 0 radical (unpaired) electrons. The lowest BCUT2D eigenvalue weighted by atomic mass is 10.2. The van der Waals surface area contributed by atoms with E-state index in [-0.39, 0.29) is 0 Å². The Morgan fingerprint density at radius 2 is 2.00 bits per heavy atom. The first-order valence-electron chi connectivity index (χ1n) is 7.62. The lowest BCUT2D eigenvalue weighted by molar-refractivity contribution is 0.423. The van der Waals surface area contributed by atoms with Crippen molar-refractivity contribution in [2.45, 2.75) is 55.2 Å². The highest BCUT2D eigenvalue weighted by Crippen LogP contribution is 2.33. The molecule has 1 saturated carbocycles. The number of benzene rings is 1. The summed E-state index contributed by atoms with van der Waals surface area (Å²) in [4.78, 5) is 1.18. The van der Waals surface area contributed by atoms with Crippen LogP contribution in [-0.4, -0.2) is 26.8 Å². The van der Waals surface area contributed by atoms with Crippen molar-refractivity contribution in [3.8, 4) is 0 Å². The van der Waals surface area contributed by atoms with Gasteiger partial charge in [0, 0.05) is 11.4 Å². The quantitative estimate of drug-likeness (QED) is 0.889. The van der Waals surface area contributed by atoms with Gasteiger partial charge in [0.15, 0.2) is 0 Å². The zero-order valence-corrected chi connectivity index (χ0v) is 13.1. The van der Waals surface area contributed by atoms with E-state index in [2.05, 4.69) is 52.0 Å². The maximum absolute atomic E-state index is 4.18. The van der Waals surface area contributed by atoms with Crippen LogP contribution in [0.5, 0.6) is 0 Å². The molecule has 2 aromatic rings. The van der Waals surface area contributed by atoms with E-state index >= 15 is 0 Å². The molecule has 1 aromatic carbocycles. The minimum atomic E-state index is 0.482. The van der Waals surface area contributed by atoms with Gasteiger partial charge < -0.3 is 5.32 Å². The summed E-state index contributed by atoms with van der Waals surface area (Å²) in [6.07, 6.45) is 4.96. The molecule has 1 N–H and O–H groups in total. The summed E-state index contributed by atoms with van der Waals surface area (Å²) in [5.74, 6) is 0. The number of tetrazole rings is 1. The minimum Gasteiger partial charge on any atom is -0.313 e. The van der Waals surface area contributed by atoms with E-state index in [4.69, 9.17) is 0 Å². The zero-order chi connectivity index (χ0) is 14.5. The number of nitrogens with one attached hydrogen (secondary N) is 1. The van der Waals surface area contributed by atoms with Crippen molar-refractivity contribution in [2.75, 3.05) is 6.54 Å². The summed E-state index contributed by atoms with van der Waals surface area (Å²) in [5, 5.41) is 16.4. The molecule has 1 heterocycles. The molecule has 0 aliphatic heterocycles. The molecule has 1 fully saturated rings. The number of rotatable bonds is 6. The Labute approximate surface area is 129 Å². The lowest BCUT2D eigenvalue weighted by Gasteiger charge is -2.10. The second-order valence-corrected chi connectivity index (χ2v) is 6.41. The molecule has 6 heteroatoms.